The van der Waals surface area contributed by atoms with Crippen LogP contribution in [0.2, 0.25) is 0 Å². The molecule has 0 unspecified atom stereocenters. The van der Waals surface area contributed by atoms with Crippen LogP contribution in [0.1, 0.15) is 93.0 Å². The Bertz CT molecular complexity index is 1110. The first-order chi connectivity index (χ1) is 16.3. The Balaban J connectivity index is 1.63. The lowest BCUT2D eigenvalue weighted by atomic mass is 10.1. The van der Waals surface area contributed by atoms with Gasteiger partial charge in [0.1, 0.15) is 0 Å². The normalized spacial score (nSPS) is 12.0. The molecular formula is C29H38O2S3. The average molecular weight is 515 g/mol. The van der Waals surface area contributed by atoms with Gasteiger partial charge in [-0.2, -0.15) is 0 Å². The Morgan fingerprint density at radius 1 is 0.912 bits per heavy atom. The van der Waals surface area contributed by atoms with Crippen molar-refractivity contribution in [2.75, 3.05) is 6.61 Å². The molecule has 0 saturated carbocycles. The fourth-order valence-corrected chi connectivity index (χ4v) is 7.58. The molecule has 184 valence electrons. The van der Waals surface area contributed by atoms with Gasteiger partial charge in [0.25, 0.3) is 0 Å². The molecular weight excluding hydrogens is 477 g/mol. The summed E-state index contributed by atoms with van der Waals surface area (Å²) in [6.45, 7) is 13.5. The third-order valence-corrected chi connectivity index (χ3v) is 10.1. The third kappa shape index (κ3) is 7.16. The van der Waals surface area contributed by atoms with Crippen molar-refractivity contribution in [3.63, 3.8) is 0 Å². The minimum atomic E-state index is -0.200. The number of aryl methyl sites for hydroxylation is 2. The van der Waals surface area contributed by atoms with Gasteiger partial charge in [-0.05, 0) is 74.6 Å². The molecule has 0 fully saturated rings. The Labute approximate surface area is 217 Å². The molecule has 3 rings (SSSR count). The second-order valence-corrected chi connectivity index (χ2v) is 12.6. The van der Waals surface area contributed by atoms with Gasteiger partial charge in [0.05, 0.1) is 6.61 Å². The minimum Gasteiger partial charge on any atom is -0.462 e. The van der Waals surface area contributed by atoms with Crippen molar-refractivity contribution in [2.24, 2.45) is 0 Å². The van der Waals surface area contributed by atoms with E-state index in [2.05, 4.69) is 58.9 Å². The van der Waals surface area contributed by atoms with Crippen LogP contribution < -0.4 is 0 Å². The molecule has 34 heavy (non-hydrogen) atoms. The van der Waals surface area contributed by atoms with Gasteiger partial charge in [-0.3, -0.25) is 0 Å². The zero-order valence-corrected chi connectivity index (χ0v) is 23.9. The Morgan fingerprint density at radius 2 is 1.53 bits per heavy atom. The Morgan fingerprint density at radius 3 is 2.18 bits per heavy atom. The van der Waals surface area contributed by atoms with Crippen molar-refractivity contribution >= 4 is 46.1 Å². The summed E-state index contributed by atoms with van der Waals surface area (Å²) in [6, 6.07) is 9.00. The predicted molar refractivity (Wildman–Crippen MR) is 152 cm³/mol. The quantitative estimate of drug-likeness (QED) is 0.136. The lowest BCUT2D eigenvalue weighted by Crippen LogP contribution is -2.06. The number of esters is 1. The summed E-state index contributed by atoms with van der Waals surface area (Å²) in [7, 11) is 0. The molecule has 0 aliphatic rings. The van der Waals surface area contributed by atoms with Gasteiger partial charge in [0.15, 0.2) is 0 Å². The highest BCUT2D eigenvalue weighted by Crippen LogP contribution is 2.44. The van der Waals surface area contributed by atoms with E-state index in [4.69, 9.17) is 4.74 Å². The number of ether oxygens (including phenoxy) is 1. The minimum absolute atomic E-state index is 0.200. The van der Waals surface area contributed by atoms with E-state index in [9.17, 15) is 4.79 Å². The zero-order valence-electron chi connectivity index (χ0n) is 21.5. The smallest absolute Gasteiger partial charge is 0.333 e. The molecule has 0 atom stereocenters. The van der Waals surface area contributed by atoms with Crippen molar-refractivity contribution < 1.29 is 9.53 Å². The molecule has 0 aliphatic heterocycles. The van der Waals surface area contributed by atoms with Crippen LogP contribution in [0.15, 0.2) is 29.8 Å². The summed E-state index contributed by atoms with van der Waals surface area (Å²) in [5.74, 6) is 0.361. The number of unbranched alkanes of at least 4 members (excludes halogenated alkanes) is 5. The van der Waals surface area contributed by atoms with Crippen molar-refractivity contribution in [3.05, 3.63) is 50.7 Å². The van der Waals surface area contributed by atoms with Crippen molar-refractivity contribution in [1.29, 1.82) is 0 Å². The molecule has 0 aliphatic carbocycles. The van der Waals surface area contributed by atoms with Crippen LogP contribution in [-0.2, 0) is 9.53 Å². The maximum atomic E-state index is 12.4. The van der Waals surface area contributed by atoms with E-state index in [0.29, 0.717) is 18.1 Å². The Hall–Kier alpha value is -1.69. The topological polar surface area (TPSA) is 26.3 Å². The molecule has 0 bridgehead atoms. The molecule has 3 heterocycles. The first kappa shape index (κ1) is 26.9. The highest BCUT2D eigenvalue weighted by Gasteiger charge is 2.15. The van der Waals surface area contributed by atoms with Gasteiger partial charge in [-0.15, -0.1) is 34.0 Å². The maximum absolute atomic E-state index is 12.4. The summed E-state index contributed by atoms with van der Waals surface area (Å²) in [5.41, 5.74) is 3.29. The lowest BCUT2D eigenvalue weighted by Gasteiger charge is -2.05. The predicted octanol–water partition coefficient (Wildman–Crippen LogP) is 10.3. The van der Waals surface area contributed by atoms with E-state index in [1.807, 2.05) is 35.7 Å². The Kier molecular flexibility index (Phi) is 10.2. The first-order valence-electron chi connectivity index (χ1n) is 12.5. The number of rotatable bonds is 12. The fraction of sp³-hybridized carbons (Fsp3) is 0.483. The van der Waals surface area contributed by atoms with Gasteiger partial charge in [-0.25, -0.2) is 4.79 Å². The van der Waals surface area contributed by atoms with Crippen LogP contribution in [0.5, 0.6) is 0 Å². The summed E-state index contributed by atoms with van der Waals surface area (Å²) in [4.78, 5) is 20.3. The van der Waals surface area contributed by atoms with Crippen LogP contribution in [0.3, 0.4) is 0 Å². The summed E-state index contributed by atoms with van der Waals surface area (Å²) in [6.07, 6.45) is 9.11. The van der Waals surface area contributed by atoms with Crippen molar-refractivity contribution in [2.45, 2.75) is 86.0 Å². The van der Waals surface area contributed by atoms with Gasteiger partial charge in [0, 0.05) is 34.8 Å². The SMILES string of the molecule is CCCCCCCCOC(=O)/C(C)=C\c1cc(C)c(-c2ccc(-c3sc(C(C)C)cc3C)s2)s1. The van der Waals surface area contributed by atoms with Gasteiger partial charge in [-0.1, -0.05) is 52.9 Å². The molecule has 2 nitrogen and oxygen atoms in total. The van der Waals surface area contributed by atoms with Crippen LogP contribution in [-0.4, -0.2) is 12.6 Å². The van der Waals surface area contributed by atoms with E-state index < -0.39 is 0 Å². The van der Waals surface area contributed by atoms with Gasteiger partial charge < -0.3 is 4.74 Å². The molecule has 0 spiro atoms. The molecule has 3 aromatic heterocycles. The molecule has 3 aromatic rings. The van der Waals surface area contributed by atoms with Crippen molar-refractivity contribution in [1.82, 2.24) is 0 Å². The molecule has 0 radical (unpaired) electrons. The highest BCUT2D eigenvalue weighted by molar-refractivity contribution is 7.26. The van der Waals surface area contributed by atoms with E-state index in [1.165, 1.54) is 61.2 Å². The van der Waals surface area contributed by atoms with Crippen LogP contribution in [0, 0.1) is 13.8 Å². The highest BCUT2D eigenvalue weighted by atomic mass is 32.1. The van der Waals surface area contributed by atoms with Crippen molar-refractivity contribution in [3.8, 4) is 19.5 Å². The second kappa shape index (κ2) is 12.9. The maximum Gasteiger partial charge on any atom is 0.333 e. The number of carbonyl (C=O) groups is 1. The molecule has 5 heteroatoms. The van der Waals surface area contributed by atoms with Gasteiger partial charge >= 0.3 is 5.97 Å². The zero-order chi connectivity index (χ0) is 24.7. The van der Waals surface area contributed by atoms with Crippen LogP contribution in [0.4, 0.5) is 0 Å². The third-order valence-electron chi connectivity index (χ3n) is 5.91. The number of carbonyl (C=O) groups excluding carboxylic acids is 1. The van der Waals surface area contributed by atoms with E-state index in [0.717, 1.165) is 17.7 Å². The van der Waals surface area contributed by atoms with E-state index in [-0.39, 0.29) is 5.97 Å². The van der Waals surface area contributed by atoms with Crippen LogP contribution >= 0.6 is 34.0 Å². The summed E-state index contributed by atoms with van der Waals surface area (Å²) >= 11 is 5.53. The number of thiophene rings is 3. The monoisotopic (exact) mass is 514 g/mol. The number of hydrogen-bond donors (Lipinski definition) is 0. The van der Waals surface area contributed by atoms with Gasteiger partial charge in [0.2, 0.25) is 0 Å². The molecule has 0 aromatic carbocycles. The molecule has 0 saturated heterocycles. The average Bonchev–Trinajstić information content (AvgIpc) is 3.51. The van der Waals surface area contributed by atoms with E-state index >= 15 is 0 Å². The molecule has 0 N–H and O–H groups in total. The van der Waals surface area contributed by atoms with Crippen LogP contribution in [0.25, 0.3) is 25.6 Å². The summed E-state index contributed by atoms with van der Waals surface area (Å²) in [5, 5.41) is 0. The number of hydrogen-bond acceptors (Lipinski definition) is 5. The summed E-state index contributed by atoms with van der Waals surface area (Å²) < 4.78 is 5.49. The standard InChI is InChI=1S/C29H38O2S3/c1-7-8-9-10-11-12-15-31-29(30)22(6)17-23-16-20(4)27(32-23)24-13-14-25(33-24)28-21(5)18-26(34-28)19(2)3/h13-14,16-19H,7-12,15H2,1-6H3/b22-17-. The largest absolute Gasteiger partial charge is 0.462 e. The second-order valence-electron chi connectivity index (χ2n) is 9.37. The molecule has 0 amide bonds. The van der Waals surface area contributed by atoms with E-state index in [1.54, 1.807) is 11.3 Å². The lowest BCUT2D eigenvalue weighted by molar-refractivity contribution is -0.139. The fourth-order valence-electron chi connectivity index (χ4n) is 3.87. The first-order valence-corrected chi connectivity index (χ1v) is 14.9.